The fourth-order valence-electron chi connectivity index (χ4n) is 3.64. The van der Waals surface area contributed by atoms with Crippen LogP contribution in [0.4, 0.5) is 16.2 Å². The molecule has 2 aliphatic rings. The maximum absolute atomic E-state index is 13.2. The van der Waals surface area contributed by atoms with E-state index in [1.807, 2.05) is 13.0 Å². The van der Waals surface area contributed by atoms with Crippen LogP contribution in [0.25, 0.3) is 0 Å². The third kappa shape index (κ3) is 2.86. The summed E-state index contributed by atoms with van der Waals surface area (Å²) < 4.78 is 24.5. The molecule has 2 atom stereocenters. The van der Waals surface area contributed by atoms with Crippen LogP contribution >= 0.6 is 23.2 Å². The minimum absolute atomic E-state index is 0.0534. The van der Waals surface area contributed by atoms with Crippen LogP contribution in [0.1, 0.15) is 5.56 Å². The average Bonchev–Trinajstić information content (AvgIpc) is 3.00. The van der Waals surface area contributed by atoms with E-state index in [4.69, 9.17) is 23.2 Å². The van der Waals surface area contributed by atoms with Gasteiger partial charge in [0.05, 0.1) is 23.6 Å². The number of rotatable bonds is 2. The van der Waals surface area contributed by atoms with Crippen molar-refractivity contribution in [1.29, 1.82) is 0 Å². The van der Waals surface area contributed by atoms with Crippen molar-refractivity contribution >= 4 is 50.4 Å². The number of aryl methyl sites for hydroxylation is 1. The minimum atomic E-state index is -3.23. The summed E-state index contributed by atoms with van der Waals surface area (Å²) in [6, 6.07) is 11.0. The van der Waals surface area contributed by atoms with Crippen LogP contribution in [0.3, 0.4) is 0 Å². The zero-order valence-electron chi connectivity index (χ0n) is 13.9. The fourth-order valence-corrected chi connectivity index (χ4v) is 5.86. The summed E-state index contributed by atoms with van der Waals surface area (Å²) in [6.07, 6.45) is 0. The van der Waals surface area contributed by atoms with Gasteiger partial charge < -0.3 is 0 Å². The summed E-state index contributed by atoms with van der Waals surface area (Å²) in [4.78, 5) is 16.3. The van der Waals surface area contributed by atoms with Gasteiger partial charge in [-0.25, -0.2) is 13.2 Å². The maximum Gasteiger partial charge on any atom is 0.329 e. The third-order valence-electron chi connectivity index (χ3n) is 4.91. The SMILES string of the molecule is Cc1ccc(N2C(=O)N(c3ccc(Cl)cc3)C3CS(=O)(=O)CC32)cc1Cl. The molecule has 0 bridgehead atoms. The zero-order valence-corrected chi connectivity index (χ0v) is 16.2. The molecule has 2 aromatic carbocycles. The monoisotopic (exact) mass is 410 g/mol. The Hall–Kier alpha value is -1.76. The van der Waals surface area contributed by atoms with Gasteiger partial charge in [-0.3, -0.25) is 9.80 Å². The highest BCUT2D eigenvalue weighted by Crippen LogP contribution is 2.39. The predicted octanol–water partition coefficient (Wildman–Crippen LogP) is 3.91. The number of carbonyl (C=O) groups is 1. The standard InChI is InChI=1S/C18H16Cl2N2O3S/c1-11-2-5-14(8-15(11)20)22-17-10-26(24,25)9-16(17)21(18(22)23)13-6-3-12(19)4-7-13/h2-8,16-17H,9-10H2,1H3. The molecule has 4 rings (SSSR count). The second kappa shape index (κ2) is 6.15. The van der Waals surface area contributed by atoms with Crippen molar-refractivity contribution in [2.24, 2.45) is 0 Å². The Morgan fingerprint density at radius 2 is 1.46 bits per heavy atom. The first-order chi connectivity index (χ1) is 12.3. The van der Waals surface area contributed by atoms with Crippen molar-refractivity contribution in [2.75, 3.05) is 21.3 Å². The van der Waals surface area contributed by atoms with Gasteiger partial charge in [-0.2, -0.15) is 0 Å². The molecule has 8 heteroatoms. The van der Waals surface area contributed by atoms with Crippen LogP contribution in [0.15, 0.2) is 42.5 Å². The normalized spacial score (nSPS) is 24.2. The first kappa shape index (κ1) is 17.6. The molecule has 0 aromatic heterocycles. The van der Waals surface area contributed by atoms with Gasteiger partial charge in [0.2, 0.25) is 0 Å². The van der Waals surface area contributed by atoms with Gasteiger partial charge in [0.15, 0.2) is 9.84 Å². The number of anilines is 2. The first-order valence-corrected chi connectivity index (χ1v) is 10.7. The van der Waals surface area contributed by atoms with Crippen molar-refractivity contribution in [3.63, 3.8) is 0 Å². The molecule has 0 aliphatic carbocycles. The Labute approximate surface area is 162 Å². The summed E-state index contributed by atoms with van der Waals surface area (Å²) in [5.74, 6) is -0.110. The van der Waals surface area contributed by atoms with Gasteiger partial charge in [0, 0.05) is 21.4 Å². The average molecular weight is 411 g/mol. The summed E-state index contributed by atoms with van der Waals surface area (Å²) in [6.45, 7) is 1.88. The third-order valence-corrected chi connectivity index (χ3v) is 7.27. The molecule has 2 heterocycles. The summed E-state index contributed by atoms with van der Waals surface area (Å²) in [5, 5.41) is 1.09. The lowest BCUT2D eigenvalue weighted by Crippen LogP contribution is -2.37. The minimum Gasteiger partial charge on any atom is -0.288 e. The number of carbonyl (C=O) groups excluding carboxylic acids is 1. The number of sulfone groups is 1. The van der Waals surface area contributed by atoms with Gasteiger partial charge in [0.25, 0.3) is 0 Å². The topological polar surface area (TPSA) is 57.7 Å². The Morgan fingerprint density at radius 3 is 2.04 bits per heavy atom. The molecule has 136 valence electrons. The molecular formula is C18H16Cl2N2O3S. The van der Waals surface area contributed by atoms with Crippen LogP contribution in [-0.2, 0) is 9.84 Å². The van der Waals surface area contributed by atoms with Gasteiger partial charge in [-0.1, -0.05) is 29.3 Å². The Kier molecular flexibility index (Phi) is 4.17. The second-order valence-electron chi connectivity index (χ2n) is 6.64. The Bertz CT molecular complexity index is 992. The smallest absolute Gasteiger partial charge is 0.288 e. The van der Waals surface area contributed by atoms with E-state index in [0.29, 0.717) is 21.4 Å². The molecule has 2 saturated heterocycles. The van der Waals surface area contributed by atoms with Crippen molar-refractivity contribution in [3.8, 4) is 0 Å². The van der Waals surface area contributed by atoms with Crippen LogP contribution < -0.4 is 9.80 Å². The molecule has 2 amide bonds. The number of benzene rings is 2. The van der Waals surface area contributed by atoms with E-state index < -0.39 is 21.9 Å². The highest BCUT2D eigenvalue weighted by Gasteiger charge is 2.54. The van der Waals surface area contributed by atoms with Crippen LogP contribution in [0, 0.1) is 6.92 Å². The van der Waals surface area contributed by atoms with Crippen molar-refractivity contribution in [1.82, 2.24) is 0 Å². The molecule has 2 fully saturated rings. The number of urea groups is 1. The number of hydrogen-bond donors (Lipinski definition) is 0. The van der Waals surface area contributed by atoms with E-state index in [-0.39, 0.29) is 17.5 Å². The van der Waals surface area contributed by atoms with Gasteiger partial charge in [0.1, 0.15) is 0 Å². The summed E-state index contributed by atoms with van der Waals surface area (Å²) in [5.41, 5.74) is 2.13. The van der Waals surface area contributed by atoms with E-state index in [2.05, 4.69) is 0 Å². The van der Waals surface area contributed by atoms with Crippen LogP contribution in [0.5, 0.6) is 0 Å². The molecule has 2 aromatic rings. The quantitative estimate of drug-likeness (QED) is 0.704. The molecule has 2 unspecified atom stereocenters. The molecule has 0 spiro atoms. The van der Waals surface area contributed by atoms with Crippen molar-refractivity contribution < 1.29 is 13.2 Å². The van der Waals surface area contributed by atoms with Crippen molar-refractivity contribution in [2.45, 2.75) is 19.0 Å². The first-order valence-electron chi connectivity index (χ1n) is 8.11. The number of hydrogen-bond acceptors (Lipinski definition) is 3. The molecular weight excluding hydrogens is 395 g/mol. The van der Waals surface area contributed by atoms with E-state index in [0.717, 1.165) is 5.56 Å². The number of fused-ring (bicyclic) bond motifs is 1. The maximum atomic E-state index is 13.2. The molecule has 0 N–H and O–H groups in total. The number of halogens is 2. The summed E-state index contributed by atoms with van der Waals surface area (Å²) >= 11 is 12.2. The van der Waals surface area contributed by atoms with Gasteiger partial charge >= 0.3 is 6.03 Å². The highest BCUT2D eigenvalue weighted by molar-refractivity contribution is 7.91. The largest absolute Gasteiger partial charge is 0.329 e. The summed E-state index contributed by atoms with van der Waals surface area (Å²) in [7, 11) is -3.23. The number of amides is 2. The molecule has 0 radical (unpaired) electrons. The Morgan fingerprint density at radius 1 is 0.923 bits per heavy atom. The Balaban J connectivity index is 1.81. The van der Waals surface area contributed by atoms with Gasteiger partial charge in [-0.15, -0.1) is 0 Å². The number of nitrogens with zero attached hydrogens (tertiary/aromatic N) is 2. The van der Waals surface area contributed by atoms with E-state index >= 15 is 0 Å². The second-order valence-corrected chi connectivity index (χ2v) is 9.64. The van der Waals surface area contributed by atoms with E-state index in [9.17, 15) is 13.2 Å². The van der Waals surface area contributed by atoms with Crippen LogP contribution in [-0.4, -0.2) is 38.0 Å². The molecule has 5 nitrogen and oxygen atoms in total. The molecule has 26 heavy (non-hydrogen) atoms. The van der Waals surface area contributed by atoms with Gasteiger partial charge in [-0.05, 0) is 48.9 Å². The lowest BCUT2D eigenvalue weighted by atomic mass is 10.1. The molecule has 2 aliphatic heterocycles. The molecule has 0 saturated carbocycles. The lowest BCUT2D eigenvalue weighted by molar-refractivity contribution is 0.255. The highest BCUT2D eigenvalue weighted by atomic mass is 35.5. The zero-order chi connectivity index (χ0) is 18.6. The van der Waals surface area contributed by atoms with E-state index in [1.165, 1.54) is 0 Å². The van der Waals surface area contributed by atoms with E-state index in [1.54, 1.807) is 46.2 Å². The predicted molar refractivity (Wildman–Crippen MR) is 104 cm³/mol. The van der Waals surface area contributed by atoms with Crippen molar-refractivity contribution in [3.05, 3.63) is 58.1 Å². The lowest BCUT2D eigenvalue weighted by Gasteiger charge is -2.23. The van der Waals surface area contributed by atoms with Crippen LogP contribution in [0.2, 0.25) is 10.0 Å². The fraction of sp³-hybridized carbons (Fsp3) is 0.278.